The molecular formula is C26H42FN7O. The molecule has 8 nitrogen and oxygen atoms in total. The number of nitrogens with one attached hydrogen (secondary N) is 3. The average molecular weight is 488 g/mol. The predicted octanol–water partition coefficient (Wildman–Crippen LogP) is 5.11. The first-order valence-electron chi connectivity index (χ1n) is 13.3. The van der Waals surface area contributed by atoms with E-state index in [1.807, 2.05) is 6.08 Å². The summed E-state index contributed by atoms with van der Waals surface area (Å²) in [5.41, 5.74) is 0.575. The molecule has 3 aliphatic rings. The lowest BCUT2D eigenvalue weighted by Crippen LogP contribution is -2.41. The lowest BCUT2D eigenvalue weighted by Gasteiger charge is -2.37. The molecule has 194 valence electrons. The van der Waals surface area contributed by atoms with Crippen molar-refractivity contribution in [1.82, 2.24) is 19.9 Å². The summed E-state index contributed by atoms with van der Waals surface area (Å²) in [5.74, 6) is 2.40. The number of nitrogens with zero attached hydrogens (tertiary/aromatic N) is 4. The summed E-state index contributed by atoms with van der Waals surface area (Å²) >= 11 is 0. The van der Waals surface area contributed by atoms with Crippen LogP contribution < -0.4 is 16.0 Å². The first kappa shape index (κ1) is 25.7. The summed E-state index contributed by atoms with van der Waals surface area (Å²) < 4.78 is 19.5. The van der Waals surface area contributed by atoms with Crippen LogP contribution in [0.25, 0.3) is 0 Å². The number of methoxy groups -OCH3 is 1. The van der Waals surface area contributed by atoms with Crippen LogP contribution in [0.15, 0.2) is 23.6 Å². The van der Waals surface area contributed by atoms with Crippen LogP contribution in [0, 0.1) is 5.92 Å². The Kier molecular flexibility index (Phi) is 8.46. The molecule has 0 bridgehead atoms. The van der Waals surface area contributed by atoms with Gasteiger partial charge in [-0.15, -0.1) is 0 Å². The highest BCUT2D eigenvalue weighted by Crippen LogP contribution is 2.34. The number of hydrogen-bond donors (Lipinski definition) is 3. The quantitative estimate of drug-likeness (QED) is 0.420. The van der Waals surface area contributed by atoms with Gasteiger partial charge in [0.2, 0.25) is 17.8 Å². The zero-order chi connectivity index (χ0) is 24.8. The molecule has 2 atom stereocenters. The smallest absolute Gasteiger partial charge is 0.233 e. The van der Waals surface area contributed by atoms with Crippen molar-refractivity contribution in [3.05, 3.63) is 23.6 Å². The second kappa shape index (κ2) is 11.5. The number of aromatic nitrogens is 3. The SMILES string of the molecule is CCN1CCCC1CNc1nc(NC2=CC=C(OC)C(F)C2)nc(NC(C)(C)C2CCCCC2)n1. The third kappa shape index (κ3) is 6.63. The molecule has 0 aromatic carbocycles. The number of likely N-dealkylation sites (N-methyl/N-ethyl adjacent to an activating group) is 1. The number of likely N-dealkylation sites (tertiary alicyclic amines) is 1. The molecule has 0 spiro atoms. The number of ether oxygens (including phenoxy) is 1. The zero-order valence-corrected chi connectivity index (χ0v) is 21.7. The Bertz CT molecular complexity index is 913. The maximum atomic E-state index is 14.4. The third-order valence-electron chi connectivity index (χ3n) is 7.76. The van der Waals surface area contributed by atoms with Gasteiger partial charge in [-0.25, -0.2) is 4.39 Å². The minimum Gasteiger partial charge on any atom is -0.498 e. The molecule has 9 heteroatoms. The van der Waals surface area contributed by atoms with Crippen molar-refractivity contribution in [2.75, 3.05) is 42.7 Å². The van der Waals surface area contributed by atoms with E-state index in [9.17, 15) is 4.39 Å². The number of alkyl halides is 1. The van der Waals surface area contributed by atoms with Crippen LogP contribution in [0.5, 0.6) is 0 Å². The van der Waals surface area contributed by atoms with Gasteiger partial charge in [0.1, 0.15) is 5.76 Å². The molecule has 2 aliphatic carbocycles. The maximum absolute atomic E-state index is 14.4. The Labute approximate surface area is 209 Å². The van der Waals surface area contributed by atoms with Crippen molar-refractivity contribution in [3.8, 4) is 0 Å². The topological polar surface area (TPSA) is 87.2 Å². The molecule has 2 fully saturated rings. The maximum Gasteiger partial charge on any atom is 0.233 e. The van der Waals surface area contributed by atoms with Crippen LogP contribution >= 0.6 is 0 Å². The van der Waals surface area contributed by atoms with Gasteiger partial charge in [-0.05, 0) is 70.7 Å². The zero-order valence-electron chi connectivity index (χ0n) is 21.7. The van der Waals surface area contributed by atoms with Gasteiger partial charge >= 0.3 is 0 Å². The van der Waals surface area contributed by atoms with Gasteiger partial charge in [0.05, 0.1) is 7.11 Å². The van der Waals surface area contributed by atoms with Crippen LogP contribution in [0.1, 0.15) is 72.1 Å². The fraction of sp³-hybridized carbons (Fsp3) is 0.731. The van der Waals surface area contributed by atoms with Gasteiger partial charge in [0, 0.05) is 30.2 Å². The standard InChI is InChI=1S/C26H42FN7O/c1-5-34-15-9-12-20(34)17-28-23-30-24(29-19-13-14-22(35-4)21(27)16-19)32-25(31-23)33-26(2,3)18-10-7-6-8-11-18/h13-14,18,20-21H,5-12,15-17H2,1-4H3,(H3,28,29,30,31,32,33). The molecule has 0 radical (unpaired) electrons. The van der Waals surface area contributed by atoms with Crippen LogP contribution in [0.4, 0.5) is 22.2 Å². The van der Waals surface area contributed by atoms with Crippen molar-refractivity contribution in [2.24, 2.45) is 5.92 Å². The van der Waals surface area contributed by atoms with Gasteiger partial charge in [0.15, 0.2) is 6.17 Å². The van der Waals surface area contributed by atoms with E-state index in [4.69, 9.17) is 9.72 Å². The summed E-state index contributed by atoms with van der Waals surface area (Å²) in [7, 11) is 1.49. The number of allylic oxidation sites excluding steroid dienone is 4. The molecule has 4 rings (SSSR count). The summed E-state index contributed by atoms with van der Waals surface area (Å²) in [6, 6.07) is 0.481. The number of halogens is 1. The second-order valence-corrected chi connectivity index (χ2v) is 10.6. The Morgan fingerprint density at radius 2 is 1.77 bits per heavy atom. The molecule has 1 aromatic rings. The molecule has 1 aliphatic heterocycles. The Morgan fingerprint density at radius 1 is 1.03 bits per heavy atom. The Balaban J connectivity index is 1.53. The molecule has 35 heavy (non-hydrogen) atoms. The summed E-state index contributed by atoms with van der Waals surface area (Å²) in [5, 5.41) is 10.3. The fourth-order valence-corrected chi connectivity index (χ4v) is 5.61. The van der Waals surface area contributed by atoms with Crippen molar-refractivity contribution in [1.29, 1.82) is 0 Å². The van der Waals surface area contributed by atoms with E-state index in [0.717, 1.165) is 19.6 Å². The van der Waals surface area contributed by atoms with Crippen molar-refractivity contribution in [3.63, 3.8) is 0 Å². The minimum absolute atomic E-state index is 0.134. The highest BCUT2D eigenvalue weighted by molar-refractivity contribution is 5.47. The largest absolute Gasteiger partial charge is 0.498 e. The number of rotatable bonds is 10. The second-order valence-electron chi connectivity index (χ2n) is 10.6. The number of hydrogen-bond acceptors (Lipinski definition) is 8. The van der Waals surface area contributed by atoms with Crippen molar-refractivity contribution < 1.29 is 9.13 Å². The van der Waals surface area contributed by atoms with Crippen molar-refractivity contribution in [2.45, 2.75) is 89.9 Å². The molecule has 3 N–H and O–H groups in total. The highest BCUT2D eigenvalue weighted by Gasteiger charge is 2.32. The molecule has 2 unspecified atom stereocenters. The van der Waals surface area contributed by atoms with Gasteiger partial charge in [-0.2, -0.15) is 15.0 Å². The van der Waals surface area contributed by atoms with E-state index < -0.39 is 6.17 Å². The predicted molar refractivity (Wildman–Crippen MR) is 139 cm³/mol. The normalized spacial score (nSPS) is 24.0. The molecule has 2 heterocycles. The molecular weight excluding hydrogens is 445 g/mol. The minimum atomic E-state index is -1.18. The Morgan fingerprint density at radius 3 is 2.49 bits per heavy atom. The first-order chi connectivity index (χ1) is 16.9. The lowest BCUT2D eigenvalue weighted by atomic mass is 9.77. The van der Waals surface area contributed by atoms with Gasteiger partial charge in [-0.3, -0.25) is 4.90 Å². The number of anilines is 3. The van der Waals surface area contributed by atoms with E-state index in [2.05, 4.69) is 51.6 Å². The molecule has 0 amide bonds. The van der Waals surface area contributed by atoms with Crippen LogP contribution in [-0.4, -0.2) is 64.3 Å². The summed E-state index contributed by atoms with van der Waals surface area (Å²) in [4.78, 5) is 16.5. The summed E-state index contributed by atoms with van der Waals surface area (Å²) in [6.45, 7) is 9.66. The summed E-state index contributed by atoms with van der Waals surface area (Å²) in [6.07, 6.45) is 11.2. The van der Waals surface area contributed by atoms with Gasteiger partial charge < -0.3 is 20.7 Å². The fourth-order valence-electron chi connectivity index (χ4n) is 5.61. The van der Waals surface area contributed by atoms with E-state index in [0.29, 0.717) is 41.3 Å². The van der Waals surface area contributed by atoms with E-state index in [-0.39, 0.29) is 12.0 Å². The van der Waals surface area contributed by atoms with Crippen molar-refractivity contribution >= 4 is 17.8 Å². The van der Waals surface area contributed by atoms with Crippen LogP contribution in [0.3, 0.4) is 0 Å². The highest BCUT2D eigenvalue weighted by atomic mass is 19.1. The van der Waals surface area contributed by atoms with E-state index >= 15 is 0 Å². The monoisotopic (exact) mass is 487 g/mol. The Hall–Kier alpha value is -2.42. The van der Waals surface area contributed by atoms with Crippen LogP contribution in [0.2, 0.25) is 0 Å². The van der Waals surface area contributed by atoms with Gasteiger partial charge in [0.25, 0.3) is 0 Å². The van der Waals surface area contributed by atoms with E-state index in [1.54, 1.807) is 6.08 Å². The first-order valence-corrected chi connectivity index (χ1v) is 13.3. The third-order valence-corrected chi connectivity index (χ3v) is 7.76. The molecule has 1 saturated carbocycles. The molecule has 1 aromatic heterocycles. The average Bonchev–Trinajstić information content (AvgIpc) is 3.31. The lowest BCUT2D eigenvalue weighted by molar-refractivity contribution is 0.201. The van der Waals surface area contributed by atoms with Crippen LogP contribution in [-0.2, 0) is 4.74 Å². The molecule has 1 saturated heterocycles. The van der Waals surface area contributed by atoms with E-state index in [1.165, 1.54) is 52.1 Å². The van der Waals surface area contributed by atoms with Gasteiger partial charge in [-0.1, -0.05) is 26.2 Å².